The minimum absolute atomic E-state index is 0.492. The summed E-state index contributed by atoms with van der Waals surface area (Å²) in [5.41, 5.74) is 3.11. The minimum atomic E-state index is -0.492. The molecule has 2 heterocycles. The highest BCUT2D eigenvalue weighted by molar-refractivity contribution is 14.1. The Bertz CT molecular complexity index is 977. The Kier molecular flexibility index (Phi) is 4.21. The van der Waals surface area contributed by atoms with E-state index in [1.165, 1.54) is 0 Å². The lowest BCUT2D eigenvalue weighted by Gasteiger charge is -2.17. The number of benzene rings is 2. The van der Waals surface area contributed by atoms with E-state index < -0.39 is 6.23 Å². The number of hydrogen-bond donors (Lipinski definition) is 0. The Hall–Kier alpha value is -2.70. The molecular formula is C18H12IN5O. The normalized spacial score (nSPS) is 16.2. The van der Waals surface area contributed by atoms with Crippen molar-refractivity contribution in [3.63, 3.8) is 0 Å². The molecule has 7 heteroatoms. The SMILES string of the molecule is N#Cc1cc(C2N=CN(c3cccc(I)c3)O2)cc(-n2ccnc2)c1. The summed E-state index contributed by atoms with van der Waals surface area (Å²) in [6.45, 7) is 0. The van der Waals surface area contributed by atoms with Gasteiger partial charge in [-0.2, -0.15) is 5.26 Å². The van der Waals surface area contributed by atoms with Crippen LogP contribution in [0.1, 0.15) is 17.4 Å². The van der Waals surface area contributed by atoms with Gasteiger partial charge in [-0.1, -0.05) is 6.07 Å². The van der Waals surface area contributed by atoms with E-state index in [9.17, 15) is 5.26 Å². The van der Waals surface area contributed by atoms with Crippen LogP contribution in [0, 0.1) is 14.9 Å². The van der Waals surface area contributed by atoms with Crippen molar-refractivity contribution >= 4 is 34.6 Å². The van der Waals surface area contributed by atoms with Crippen LogP contribution in [0.4, 0.5) is 5.69 Å². The van der Waals surface area contributed by atoms with Crippen molar-refractivity contribution in [2.24, 2.45) is 4.99 Å². The van der Waals surface area contributed by atoms with Gasteiger partial charge in [-0.25, -0.2) is 19.9 Å². The molecule has 1 aliphatic heterocycles. The molecule has 1 aromatic heterocycles. The Morgan fingerprint density at radius 3 is 2.84 bits per heavy atom. The Morgan fingerprint density at radius 1 is 1.16 bits per heavy atom. The zero-order valence-electron chi connectivity index (χ0n) is 13.0. The zero-order chi connectivity index (χ0) is 17.2. The van der Waals surface area contributed by atoms with Gasteiger partial charge in [0.25, 0.3) is 0 Å². The van der Waals surface area contributed by atoms with Gasteiger partial charge in [0.2, 0.25) is 6.23 Å². The summed E-state index contributed by atoms with van der Waals surface area (Å²) in [4.78, 5) is 14.4. The van der Waals surface area contributed by atoms with Crippen LogP contribution in [0.2, 0.25) is 0 Å². The number of nitrogens with zero attached hydrogens (tertiary/aromatic N) is 5. The summed E-state index contributed by atoms with van der Waals surface area (Å²) in [5, 5.41) is 11.0. The van der Waals surface area contributed by atoms with Crippen LogP contribution < -0.4 is 5.06 Å². The third-order valence-corrected chi connectivity index (χ3v) is 4.41. The lowest BCUT2D eigenvalue weighted by atomic mass is 10.1. The second kappa shape index (κ2) is 6.66. The summed E-state index contributed by atoms with van der Waals surface area (Å²) >= 11 is 2.26. The van der Waals surface area contributed by atoms with Gasteiger partial charge in [0, 0.05) is 27.2 Å². The second-order valence-electron chi connectivity index (χ2n) is 5.42. The number of hydroxylamine groups is 1. The van der Waals surface area contributed by atoms with Crippen LogP contribution in [0.25, 0.3) is 5.69 Å². The highest BCUT2D eigenvalue weighted by Gasteiger charge is 2.22. The molecule has 2 aromatic carbocycles. The van der Waals surface area contributed by atoms with Crippen LogP contribution in [-0.2, 0) is 4.84 Å². The van der Waals surface area contributed by atoms with Gasteiger partial charge >= 0.3 is 0 Å². The maximum atomic E-state index is 9.32. The number of nitriles is 1. The molecule has 4 rings (SSSR count). The smallest absolute Gasteiger partial charge is 0.203 e. The summed E-state index contributed by atoms with van der Waals surface area (Å²) in [7, 11) is 0. The Balaban J connectivity index is 1.64. The number of imidazole rings is 1. The maximum Gasteiger partial charge on any atom is 0.203 e. The van der Waals surface area contributed by atoms with Gasteiger partial charge in [-0.05, 0) is 59.0 Å². The molecule has 0 N–H and O–H groups in total. The largest absolute Gasteiger partial charge is 0.306 e. The summed E-state index contributed by atoms with van der Waals surface area (Å²) in [6, 6.07) is 15.7. The highest BCUT2D eigenvalue weighted by atomic mass is 127. The number of anilines is 1. The first kappa shape index (κ1) is 15.8. The fourth-order valence-corrected chi connectivity index (χ4v) is 3.10. The molecule has 3 aromatic rings. The maximum absolute atomic E-state index is 9.32. The second-order valence-corrected chi connectivity index (χ2v) is 6.67. The van der Waals surface area contributed by atoms with E-state index in [1.54, 1.807) is 36.1 Å². The number of aliphatic imine (C=N–C) groups is 1. The monoisotopic (exact) mass is 441 g/mol. The third kappa shape index (κ3) is 3.26. The van der Waals surface area contributed by atoms with E-state index in [0.29, 0.717) is 5.56 Å². The fraction of sp³-hybridized carbons (Fsp3) is 0.0556. The molecule has 0 aliphatic carbocycles. The number of aromatic nitrogens is 2. The highest BCUT2D eigenvalue weighted by Crippen LogP contribution is 2.30. The molecule has 6 nitrogen and oxygen atoms in total. The molecule has 0 saturated carbocycles. The van der Waals surface area contributed by atoms with Gasteiger partial charge in [-0.15, -0.1) is 0 Å². The lowest BCUT2D eigenvalue weighted by molar-refractivity contribution is 0.0875. The van der Waals surface area contributed by atoms with E-state index in [1.807, 2.05) is 41.1 Å². The average Bonchev–Trinajstić information content (AvgIpc) is 3.33. The van der Waals surface area contributed by atoms with E-state index in [-0.39, 0.29) is 0 Å². The molecule has 0 bridgehead atoms. The van der Waals surface area contributed by atoms with E-state index in [0.717, 1.165) is 20.5 Å². The first-order valence-electron chi connectivity index (χ1n) is 7.51. The van der Waals surface area contributed by atoms with E-state index in [4.69, 9.17) is 4.84 Å². The molecule has 1 unspecified atom stereocenters. The molecular weight excluding hydrogens is 429 g/mol. The van der Waals surface area contributed by atoms with Crippen molar-refractivity contribution in [1.29, 1.82) is 5.26 Å². The van der Waals surface area contributed by atoms with Crippen molar-refractivity contribution in [1.82, 2.24) is 9.55 Å². The first-order valence-corrected chi connectivity index (χ1v) is 8.59. The fourth-order valence-electron chi connectivity index (χ4n) is 2.57. The minimum Gasteiger partial charge on any atom is -0.306 e. The number of rotatable bonds is 3. The standard InChI is InChI=1S/C18H12IN5O/c19-15-2-1-3-16(9-15)24-12-22-18(25-24)14-6-13(10-20)7-17(8-14)23-5-4-21-11-23/h1-9,11-12,18H. The van der Waals surface area contributed by atoms with Crippen molar-refractivity contribution in [2.45, 2.75) is 6.23 Å². The van der Waals surface area contributed by atoms with Crippen LogP contribution in [0.15, 0.2) is 66.2 Å². The number of halogens is 1. The molecule has 1 aliphatic rings. The molecule has 0 fully saturated rings. The van der Waals surface area contributed by atoms with Gasteiger partial charge in [-0.3, -0.25) is 0 Å². The van der Waals surface area contributed by atoms with Crippen LogP contribution in [-0.4, -0.2) is 15.9 Å². The van der Waals surface area contributed by atoms with E-state index in [2.05, 4.69) is 38.6 Å². The van der Waals surface area contributed by atoms with Crippen LogP contribution >= 0.6 is 22.6 Å². The van der Waals surface area contributed by atoms with E-state index >= 15 is 0 Å². The van der Waals surface area contributed by atoms with Crippen molar-refractivity contribution in [3.8, 4) is 11.8 Å². The zero-order valence-corrected chi connectivity index (χ0v) is 15.1. The van der Waals surface area contributed by atoms with Gasteiger partial charge in [0.15, 0.2) is 0 Å². The van der Waals surface area contributed by atoms with Gasteiger partial charge in [0.05, 0.1) is 23.6 Å². The summed E-state index contributed by atoms with van der Waals surface area (Å²) in [6.07, 6.45) is 6.39. The summed E-state index contributed by atoms with van der Waals surface area (Å²) in [5.74, 6) is 0. The summed E-state index contributed by atoms with van der Waals surface area (Å²) < 4.78 is 2.96. The lowest BCUT2D eigenvalue weighted by Crippen LogP contribution is -2.17. The third-order valence-electron chi connectivity index (χ3n) is 3.74. The van der Waals surface area contributed by atoms with Crippen molar-refractivity contribution in [3.05, 3.63) is 75.9 Å². The molecule has 122 valence electrons. The Morgan fingerprint density at radius 2 is 2.08 bits per heavy atom. The molecule has 0 spiro atoms. The van der Waals surface area contributed by atoms with Crippen LogP contribution in [0.3, 0.4) is 0 Å². The predicted molar refractivity (Wildman–Crippen MR) is 102 cm³/mol. The van der Waals surface area contributed by atoms with Crippen molar-refractivity contribution in [2.75, 3.05) is 5.06 Å². The van der Waals surface area contributed by atoms with Gasteiger partial charge < -0.3 is 4.57 Å². The molecule has 0 saturated heterocycles. The first-order chi connectivity index (χ1) is 12.2. The number of hydrogen-bond acceptors (Lipinski definition) is 5. The quantitative estimate of drug-likeness (QED) is 0.580. The van der Waals surface area contributed by atoms with Crippen LogP contribution in [0.5, 0.6) is 0 Å². The van der Waals surface area contributed by atoms with Crippen molar-refractivity contribution < 1.29 is 4.84 Å². The molecule has 1 atom stereocenters. The molecule has 0 amide bonds. The molecule has 25 heavy (non-hydrogen) atoms. The average molecular weight is 441 g/mol. The van der Waals surface area contributed by atoms with Gasteiger partial charge in [0.1, 0.15) is 6.34 Å². The predicted octanol–water partition coefficient (Wildman–Crippen LogP) is 3.83. The Labute approximate surface area is 158 Å². The topological polar surface area (TPSA) is 66.4 Å². The molecule has 0 radical (unpaired) electrons.